The summed E-state index contributed by atoms with van der Waals surface area (Å²) in [4.78, 5) is 26.3. The van der Waals surface area contributed by atoms with Gasteiger partial charge >= 0.3 is 5.97 Å². The number of rotatable bonds is 2. The minimum absolute atomic E-state index is 0.0166. The van der Waals surface area contributed by atoms with Crippen LogP contribution in [0, 0.1) is 34.0 Å². The average Bonchev–Trinajstić information content (AvgIpc) is 3.22. The van der Waals surface area contributed by atoms with E-state index in [0.29, 0.717) is 48.7 Å². The van der Waals surface area contributed by atoms with Gasteiger partial charge in [-0.15, -0.1) is 0 Å². The molecule has 4 nitrogen and oxygen atoms in total. The van der Waals surface area contributed by atoms with Gasteiger partial charge in [-0.25, -0.2) is 0 Å². The lowest BCUT2D eigenvalue weighted by Gasteiger charge is -2.58. The van der Waals surface area contributed by atoms with E-state index in [2.05, 4.69) is 13.8 Å². The molecular weight excluding hydrogens is 384 g/mol. The van der Waals surface area contributed by atoms with Gasteiger partial charge in [0.05, 0.1) is 12.0 Å². The lowest BCUT2D eigenvalue weighted by Crippen LogP contribution is -2.53. The van der Waals surface area contributed by atoms with Crippen LogP contribution in [0.3, 0.4) is 0 Å². The topological polar surface area (TPSA) is 60.4 Å². The van der Waals surface area contributed by atoms with Gasteiger partial charge in [-0.05, 0) is 73.5 Å². The van der Waals surface area contributed by atoms with Crippen LogP contribution in [-0.2, 0) is 25.1 Å². The lowest BCUT2D eigenvalue weighted by atomic mass is 9.46. The summed E-state index contributed by atoms with van der Waals surface area (Å²) in [6, 6.07) is 0. The van der Waals surface area contributed by atoms with Crippen molar-refractivity contribution < 1.29 is 18.5 Å². The van der Waals surface area contributed by atoms with Crippen molar-refractivity contribution in [3.8, 4) is 0 Å². The van der Waals surface area contributed by atoms with E-state index in [0.717, 1.165) is 49.9 Å². The molecule has 5 rings (SSSR count). The Kier molecular flexibility index (Phi) is 4.48. The Labute approximate surface area is 176 Å². The maximum absolute atomic E-state index is 13.2. The summed E-state index contributed by atoms with van der Waals surface area (Å²) in [6.45, 7) is 7.29. The molecule has 6 unspecified atom stereocenters. The molecule has 4 fully saturated rings. The van der Waals surface area contributed by atoms with E-state index in [1.54, 1.807) is 0 Å². The Balaban J connectivity index is 1.64. The normalized spacial score (nSPS) is 47.6. The molecule has 0 bridgehead atoms. The average molecular weight is 419 g/mol. The summed E-state index contributed by atoms with van der Waals surface area (Å²) in [6.07, 6.45) is 8.01. The fraction of sp³-hybridized carbons (Fsp3) is 0.833. The summed E-state index contributed by atoms with van der Waals surface area (Å²) >= 11 is 0. The van der Waals surface area contributed by atoms with Crippen LogP contribution in [0.4, 0.5) is 0 Å². The van der Waals surface area contributed by atoms with Gasteiger partial charge in [-0.2, -0.15) is 0 Å². The molecular formula is C24H34O4S. The highest BCUT2D eigenvalue weighted by molar-refractivity contribution is 7.88. The minimum Gasteiger partial charge on any atom is -0.465 e. The molecule has 3 saturated carbocycles. The van der Waals surface area contributed by atoms with Gasteiger partial charge in [-0.3, -0.25) is 13.8 Å². The van der Waals surface area contributed by atoms with Crippen LogP contribution in [0.2, 0.25) is 0 Å². The van der Waals surface area contributed by atoms with Crippen molar-refractivity contribution in [3.05, 3.63) is 10.5 Å². The van der Waals surface area contributed by atoms with Gasteiger partial charge < -0.3 is 4.74 Å². The van der Waals surface area contributed by atoms with Crippen LogP contribution in [0.5, 0.6) is 0 Å². The zero-order valence-corrected chi connectivity index (χ0v) is 18.9. The second kappa shape index (κ2) is 6.51. The van der Waals surface area contributed by atoms with Crippen LogP contribution >= 0.6 is 0 Å². The number of Topliss-reactive ketones (excluding diaryl/α,β-unsaturated/α-hetero) is 1. The molecule has 1 saturated heterocycles. The summed E-state index contributed by atoms with van der Waals surface area (Å²) in [5.74, 6) is 2.13. The third kappa shape index (κ3) is 2.46. The number of hydrogen-bond acceptors (Lipinski definition) is 4. The Bertz CT molecular complexity index is 831. The number of carbonyl (C=O) groups excluding carboxylic acids is 2. The number of hydrogen-bond donors (Lipinski definition) is 0. The zero-order chi connectivity index (χ0) is 20.6. The smallest absolute Gasteiger partial charge is 0.312 e. The number of carbonyl (C=O) groups is 2. The quantitative estimate of drug-likeness (QED) is 0.617. The fourth-order valence-electron chi connectivity index (χ4n) is 8.19. The lowest BCUT2D eigenvalue weighted by molar-refractivity contribution is -0.153. The largest absolute Gasteiger partial charge is 0.465 e. The Morgan fingerprint density at radius 2 is 1.79 bits per heavy atom. The van der Waals surface area contributed by atoms with Gasteiger partial charge in [0.1, 0.15) is 5.78 Å². The molecule has 160 valence electrons. The molecule has 0 aromatic rings. The van der Waals surface area contributed by atoms with E-state index in [1.807, 2.05) is 6.92 Å². The highest BCUT2D eigenvalue weighted by Gasteiger charge is 2.68. The molecule has 29 heavy (non-hydrogen) atoms. The standard InChI is InChI=1S/C24H34O4S/c1-4-29(27)19-14-15-13-16(25)5-8-22(15,2)17-6-9-23(3)18(20(17)19)7-10-24(23)11-12-28-21(24)26/h15,17-18H,4-14H2,1-3H3/t15?,17?,18?,22?,23?,24-,29?/m1/s1. The molecule has 0 N–H and O–H groups in total. The maximum Gasteiger partial charge on any atom is 0.312 e. The van der Waals surface area contributed by atoms with Crippen molar-refractivity contribution >= 4 is 22.6 Å². The van der Waals surface area contributed by atoms with E-state index in [1.165, 1.54) is 5.57 Å². The monoisotopic (exact) mass is 418 g/mol. The molecule has 0 amide bonds. The first-order valence-electron chi connectivity index (χ1n) is 11.6. The van der Waals surface area contributed by atoms with Gasteiger partial charge in [-0.1, -0.05) is 26.3 Å². The van der Waals surface area contributed by atoms with Gasteiger partial charge in [0.2, 0.25) is 0 Å². The zero-order valence-electron chi connectivity index (χ0n) is 18.1. The van der Waals surface area contributed by atoms with E-state index in [9.17, 15) is 13.8 Å². The van der Waals surface area contributed by atoms with Gasteiger partial charge in [0.15, 0.2) is 0 Å². The summed E-state index contributed by atoms with van der Waals surface area (Å²) in [7, 11) is -0.974. The summed E-state index contributed by atoms with van der Waals surface area (Å²) in [5.41, 5.74) is 1.17. The van der Waals surface area contributed by atoms with Crippen molar-refractivity contribution in [1.82, 2.24) is 0 Å². The van der Waals surface area contributed by atoms with E-state index in [4.69, 9.17) is 4.74 Å². The first-order chi connectivity index (χ1) is 13.8. The minimum atomic E-state index is -0.974. The Morgan fingerprint density at radius 1 is 1.03 bits per heavy atom. The Morgan fingerprint density at radius 3 is 2.48 bits per heavy atom. The van der Waals surface area contributed by atoms with Crippen LogP contribution in [-0.4, -0.2) is 28.3 Å². The highest BCUT2D eigenvalue weighted by Crippen LogP contribution is 2.71. The molecule has 5 aliphatic rings. The van der Waals surface area contributed by atoms with Crippen LogP contribution in [0.1, 0.15) is 78.6 Å². The SMILES string of the molecule is CCS(=O)C1=C2C(CCC3(C)C2CC[C@]32CCOC2=O)C2(C)CCC(=O)CC2C1. The second-order valence-corrected chi connectivity index (χ2v) is 12.5. The highest BCUT2D eigenvalue weighted by atomic mass is 32.2. The van der Waals surface area contributed by atoms with Crippen molar-refractivity contribution in [2.75, 3.05) is 12.4 Å². The molecule has 7 atom stereocenters. The number of ketones is 1. The molecule has 0 aromatic carbocycles. The first-order valence-corrected chi connectivity index (χ1v) is 12.9. The molecule has 4 aliphatic carbocycles. The molecule has 1 heterocycles. The van der Waals surface area contributed by atoms with Crippen molar-refractivity contribution in [1.29, 1.82) is 0 Å². The van der Waals surface area contributed by atoms with Crippen molar-refractivity contribution in [3.63, 3.8) is 0 Å². The predicted molar refractivity (Wildman–Crippen MR) is 112 cm³/mol. The van der Waals surface area contributed by atoms with Gasteiger partial charge in [0, 0.05) is 34.3 Å². The molecule has 1 aliphatic heterocycles. The van der Waals surface area contributed by atoms with Crippen molar-refractivity contribution in [2.24, 2.45) is 34.0 Å². The fourth-order valence-corrected chi connectivity index (χ4v) is 9.47. The molecule has 5 heteroatoms. The number of fused-ring (bicyclic) bond motifs is 6. The van der Waals surface area contributed by atoms with Gasteiger partial charge in [0.25, 0.3) is 0 Å². The van der Waals surface area contributed by atoms with Crippen LogP contribution in [0.15, 0.2) is 10.5 Å². The summed E-state index contributed by atoms with van der Waals surface area (Å²) in [5, 5.41) is 0. The number of cyclic esters (lactones) is 1. The Hall–Kier alpha value is -0.970. The van der Waals surface area contributed by atoms with Crippen LogP contribution < -0.4 is 0 Å². The first kappa shape index (κ1) is 20.0. The van der Waals surface area contributed by atoms with E-state index < -0.39 is 10.8 Å². The molecule has 1 spiro atoms. The number of allylic oxidation sites excluding steroid dienone is 2. The van der Waals surface area contributed by atoms with E-state index in [-0.39, 0.29) is 22.2 Å². The maximum atomic E-state index is 13.2. The number of esters is 1. The molecule has 0 radical (unpaired) electrons. The van der Waals surface area contributed by atoms with E-state index >= 15 is 0 Å². The number of ether oxygens (including phenoxy) is 1. The third-order valence-electron chi connectivity index (χ3n) is 10.0. The van der Waals surface area contributed by atoms with Crippen molar-refractivity contribution in [2.45, 2.75) is 78.6 Å². The predicted octanol–water partition coefficient (Wildman–Crippen LogP) is 4.55. The molecule has 0 aromatic heterocycles. The van der Waals surface area contributed by atoms with Crippen LogP contribution in [0.25, 0.3) is 0 Å². The second-order valence-electron chi connectivity index (χ2n) is 10.7. The third-order valence-corrected chi connectivity index (χ3v) is 11.5. The summed E-state index contributed by atoms with van der Waals surface area (Å²) < 4.78 is 18.7.